The van der Waals surface area contributed by atoms with E-state index in [9.17, 15) is 22.8 Å². The van der Waals surface area contributed by atoms with E-state index in [0.717, 1.165) is 16.8 Å². The minimum atomic E-state index is -4.58. The van der Waals surface area contributed by atoms with Gasteiger partial charge in [-0.1, -0.05) is 35.9 Å². The quantitative estimate of drug-likeness (QED) is 0.344. The lowest BCUT2D eigenvalue weighted by Gasteiger charge is -2.13. The molecule has 0 unspecified atom stereocenters. The zero-order valence-electron chi connectivity index (χ0n) is 18.5. The Kier molecular flexibility index (Phi) is 6.80. The molecule has 0 saturated heterocycles. The van der Waals surface area contributed by atoms with Crippen molar-refractivity contribution in [3.05, 3.63) is 93.2 Å². The average molecular weight is 516 g/mol. The number of halogens is 4. The van der Waals surface area contributed by atoms with Crippen LogP contribution in [0.2, 0.25) is 5.02 Å². The summed E-state index contributed by atoms with van der Waals surface area (Å²) in [7, 11) is 0. The van der Waals surface area contributed by atoms with Crippen LogP contribution < -0.4 is 10.3 Å². The SMILES string of the molecule is C[C@H](Oc1ccc(C=Nn2c(-c3cccc(C(F)(F)F)c3)nc3ccccc3c2=O)cc1Cl)C(=O)O. The molecule has 7 nitrogen and oxygen atoms in total. The zero-order valence-corrected chi connectivity index (χ0v) is 19.3. The number of hydrogen-bond donors (Lipinski definition) is 1. The van der Waals surface area contributed by atoms with Gasteiger partial charge in [0.05, 0.1) is 27.7 Å². The molecule has 0 amide bonds. The van der Waals surface area contributed by atoms with Gasteiger partial charge >= 0.3 is 12.1 Å². The summed E-state index contributed by atoms with van der Waals surface area (Å²) in [6.45, 7) is 1.35. The zero-order chi connectivity index (χ0) is 26.0. The van der Waals surface area contributed by atoms with E-state index in [-0.39, 0.29) is 27.5 Å². The third kappa shape index (κ3) is 5.23. The van der Waals surface area contributed by atoms with Crippen molar-refractivity contribution in [1.29, 1.82) is 0 Å². The number of fused-ring (bicyclic) bond motifs is 1. The normalized spacial score (nSPS) is 12.7. The van der Waals surface area contributed by atoms with E-state index < -0.39 is 29.4 Å². The molecule has 0 spiro atoms. The van der Waals surface area contributed by atoms with Gasteiger partial charge in [-0.3, -0.25) is 4.79 Å². The lowest BCUT2D eigenvalue weighted by atomic mass is 10.1. The molecular formula is C25H17ClF3N3O4. The Morgan fingerprint density at radius 1 is 1.14 bits per heavy atom. The largest absolute Gasteiger partial charge is 0.479 e. The van der Waals surface area contributed by atoms with Crippen LogP contribution in [0.3, 0.4) is 0 Å². The van der Waals surface area contributed by atoms with E-state index in [2.05, 4.69) is 10.1 Å². The first-order valence-corrected chi connectivity index (χ1v) is 10.8. The van der Waals surface area contributed by atoms with Gasteiger partial charge in [0.15, 0.2) is 11.9 Å². The number of benzene rings is 3. The summed E-state index contributed by atoms with van der Waals surface area (Å²) in [4.78, 5) is 28.6. The highest BCUT2D eigenvalue weighted by Crippen LogP contribution is 2.32. The standard InChI is InChI=1S/C25H17ClF3N3O4/c1-14(24(34)35)36-21-10-9-15(11-19(21)26)13-30-32-22(16-5-4-6-17(12-16)25(27,28)29)31-20-8-3-2-7-18(20)23(32)33/h2-14H,1H3,(H,34,35)/t14-/m0/s1. The summed E-state index contributed by atoms with van der Waals surface area (Å²) >= 11 is 6.19. The van der Waals surface area contributed by atoms with Gasteiger partial charge in [-0.25, -0.2) is 9.78 Å². The molecule has 4 aromatic rings. The van der Waals surface area contributed by atoms with Gasteiger partial charge in [-0.05, 0) is 55.0 Å². The van der Waals surface area contributed by atoms with Crippen molar-refractivity contribution in [2.45, 2.75) is 19.2 Å². The fourth-order valence-electron chi connectivity index (χ4n) is 3.31. The summed E-state index contributed by atoms with van der Waals surface area (Å²) in [5, 5.41) is 13.5. The molecule has 0 saturated carbocycles. The van der Waals surface area contributed by atoms with Gasteiger partial charge in [0.2, 0.25) is 0 Å². The number of hydrogen-bond acceptors (Lipinski definition) is 5. The predicted octanol–water partition coefficient (Wildman–Crippen LogP) is 5.47. The van der Waals surface area contributed by atoms with Crippen LogP contribution >= 0.6 is 11.6 Å². The molecule has 0 aliphatic heterocycles. The maximum atomic E-state index is 13.3. The van der Waals surface area contributed by atoms with Crippen LogP contribution in [0.15, 0.2) is 76.6 Å². The second-order valence-corrected chi connectivity index (χ2v) is 8.09. The number of aliphatic carboxylic acids is 1. The van der Waals surface area contributed by atoms with Crippen LogP contribution in [0.4, 0.5) is 13.2 Å². The Morgan fingerprint density at radius 3 is 2.58 bits per heavy atom. The lowest BCUT2D eigenvalue weighted by molar-refractivity contribution is -0.144. The van der Waals surface area contributed by atoms with Gasteiger partial charge in [-0.15, -0.1) is 0 Å². The van der Waals surface area contributed by atoms with Gasteiger partial charge in [0.25, 0.3) is 5.56 Å². The van der Waals surface area contributed by atoms with Crippen LogP contribution in [0.5, 0.6) is 5.75 Å². The minimum absolute atomic E-state index is 0.0502. The number of nitrogens with zero attached hydrogens (tertiary/aromatic N) is 3. The Hall–Kier alpha value is -4.18. The summed E-state index contributed by atoms with van der Waals surface area (Å²) in [6, 6.07) is 15.3. The van der Waals surface area contributed by atoms with E-state index >= 15 is 0 Å². The molecule has 0 aliphatic rings. The second-order valence-electron chi connectivity index (χ2n) is 7.68. The molecule has 1 heterocycles. The highest BCUT2D eigenvalue weighted by atomic mass is 35.5. The number of alkyl halides is 3. The van der Waals surface area contributed by atoms with Gasteiger partial charge in [-0.2, -0.15) is 22.9 Å². The second kappa shape index (κ2) is 9.82. The molecule has 0 bridgehead atoms. The van der Waals surface area contributed by atoms with E-state index in [4.69, 9.17) is 21.4 Å². The van der Waals surface area contributed by atoms with Crippen molar-refractivity contribution in [3.63, 3.8) is 0 Å². The van der Waals surface area contributed by atoms with Gasteiger partial charge in [0, 0.05) is 5.56 Å². The molecule has 0 fully saturated rings. The van der Waals surface area contributed by atoms with Crippen molar-refractivity contribution in [2.24, 2.45) is 5.10 Å². The number of ether oxygens (including phenoxy) is 1. The minimum Gasteiger partial charge on any atom is -0.479 e. The number of para-hydroxylation sites is 1. The first-order chi connectivity index (χ1) is 17.0. The van der Waals surface area contributed by atoms with Gasteiger partial charge in [0.1, 0.15) is 5.75 Å². The highest BCUT2D eigenvalue weighted by Gasteiger charge is 2.31. The van der Waals surface area contributed by atoms with Crippen molar-refractivity contribution in [1.82, 2.24) is 9.66 Å². The first kappa shape index (κ1) is 24.9. The fourth-order valence-corrected chi connectivity index (χ4v) is 3.54. The maximum absolute atomic E-state index is 13.3. The van der Waals surface area contributed by atoms with Gasteiger partial charge < -0.3 is 9.84 Å². The molecular weight excluding hydrogens is 499 g/mol. The van der Waals surface area contributed by atoms with Crippen molar-refractivity contribution in [2.75, 3.05) is 0 Å². The van der Waals surface area contributed by atoms with Crippen molar-refractivity contribution in [3.8, 4) is 17.1 Å². The molecule has 4 rings (SSSR count). The Bertz CT molecular complexity index is 1550. The summed E-state index contributed by atoms with van der Waals surface area (Å²) in [5.41, 5.74) is -0.695. The first-order valence-electron chi connectivity index (χ1n) is 10.5. The van der Waals surface area contributed by atoms with E-state index in [1.807, 2.05) is 0 Å². The topological polar surface area (TPSA) is 93.8 Å². The Morgan fingerprint density at radius 2 is 1.89 bits per heavy atom. The van der Waals surface area contributed by atoms with Crippen LogP contribution in [0.25, 0.3) is 22.3 Å². The molecule has 184 valence electrons. The monoisotopic (exact) mass is 515 g/mol. The maximum Gasteiger partial charge on any atom is 0.416 e. The van der Waals surface area contributed by atoms with Crippen LogP contribution in [-0.2, 0) is 11.0 Å². The third-order valence-electron chi connectivity index (χ3n) is 5.13. The molecule has 3 aromatic carbocycles. The van der Waals surface area contributed by atoms with E-state index in [0.29, 0.717) is 11.1 Å². The van der Waals surface area contributed by atoms with Crippen molar-refractivity contribution >= 4 is 34.7 Å². The Labute approximate surface area is 207 Å². The number of carbonyl (C=O) groups is 1. The number of aromatic nitrogens is 2. The smallest absolute Gasteiger partial charge is 0.416 e. The molecule has 0 radical (unpaired) electrons. The summed E-state index contributed by atoms with van der Waals surface area (Å²) < 4.78 is 46.1. The average Bonchev–Trinajstić information content (AvgIpc) is 2.84. The van der Waals surface area contributed by atoms with Crippen molar-refractivity contribution < 1.29 is 27.8 Å². The van der Waals surface area contributed by atoms with Crippen LogP contribution in [-0.4, -0.2) is 33.1 Å². The van der Waals surface area contributed by atoms with Crippen LogP contribution in [0, 0.1) is 0 Å². The predicted molar refractivity (Wildman–Crippen MR) is 129 cm³/mol. The number of rotatable bonds is 6. The number of carboxylic acids is 1. The third-order valence-corrected chi connectivity index (χ3v) is 5.43. The van der Waals surface area contributed by atoms with Crippen LogP contribution in [0.1, 0.15) is 18.1 Å². The Balaban J connectivity index is 1.80. The van der Waals surface area contributed by atoms with E-state index in [1.54, 1.807) is 24.3 Å². The molecule has 36 heavy (non-hydrogen) atoms. The van der Waals surface area contributed by atoms with E-state index in [1.165, 1.54) is 43.5 Å². The number of carboxylic acid groups (broad SMARTS) is 1. The highest BCUT2D eigenvalue weighted by molar-refractivity contribution is 6.32. The summed E-state index contributed by atoms with van der Waals surface area (Å²) in [5.74, 6) is -1.11. The lowest BCUT2D eigenvalue weighted by Crippen LogP contribution is -2.23. The summed E-state index contributed by atoms with van der Waals surface area (Å²) in [6.07, 6.45) is -4.43. The molecule has 1 aromatic heterocycles. The fraction of sp³-hybridized carbons (Fsp3) is 0.120. The molecule has 1 N–H and O–H groups in total. The molecule has 11 heteroatoms. The molecule has 0 aliphatic carbocycles. The molecule has 1 atom stereocenters.